The molecular weight excluding hydrogens is 480 g/mol. The van der Waals surface area contributed by atoms with E-state index in [1.165, 1.54) is 23.1 Å². The largest absolute Gasteiger partial charge is 0.545 e. The number of rotatable bonds is 8. The van der Waals surface area contributed by atoms with Crippen LogP contribution in [0.2, 0.25) is 0 Å². The summed E-state index contributed by atoms with van der Waals surface area (Å²) >= 11 is 5.25. The van der Waals surface area contributed by atoms with E-state index >= 15 is 0 Å². The van der Waals surface area contributed by atoms with Gasteiger partial charge in [-0.05, 0) is 72.2 Å². The van der Waals surface area contributed by atoms with Crippen LogP contribution in [0.1, 0.15) is 28.4 Å². The highest BCUT2D eigenvalue weighted by Crippen LogP contribution is 2.26. The lowest BCUT2D eigenvalue weighted by Crippen LogP contribution is -2.54. The van der Waals surface area contributed by atoms with Crippen molar-refractivity contribution in [2.45, 2.75) is 13.5 Å². The molecule has 1 fully saturated rings. The highest BCUT2D eigenvalue weighted by molar-refractivity contribution is 7.80. The number of nitrogens with one attached hydrogen (secondary N) is 1. The maximum atomic E-state index is 13.2. The summed E-state index contributed by atoms with van der Waals surface area (Å²) in [5, 5.41) is 13.6. The van der Waals surface area contributed by atoms with Gasteiger partial charge in [0.2, 0.25) is 0 Å². The van der Waals surface area contributed by atoms with Crippen LogP contribution in [0.15, 0.2) is 78.4 Å². The van der Waals surface area contributed by atoms with E-state index in [2.05, 4.69) is 5.32 Å². The van der Waals surface area contributed by atoms with Crippen molar-refractivity contribution in [1.82, 2.24) is 5.32 Å². The first-order valence-electron chi connectivity index (χ1n) is 11.0. The third-order valence-corrected chi connectivity index (χ3v) is 5.53. The second kappa shape index (κ2) is 10.8. The van der Waals surface area contributed by atoms with Crippen LogP contribution in [-0.4, -0.2) is 29.5 Å². The standard InChI is InChI=1S/C27H22N2O6S/c1-2-34-22-8-4-7-20(15-22)29-25(31)23(24(30)28-27(29)36)14-17-9-11-21(12-10-17)35-16-18-5-3-6-19(13-18)26(32)33/h3-15H,2,16H2,1H3,(H,32,33)(H,28,30,36)/p-1/b23-14-. The van der Waals surface area contributed by atoms with Crippen molar-refractivity contribution in [2.75, 3.05) is 11.5 Å². The van der Waals surface area contributed by atoms with Crippen LogP contribution < -0.4 is 24.8 Å². The highest BCUT2D eigenvalue weighted by Gasteiger charge is 2.34. The minimum absolute atomic E-state index is 0.0118. The molecule has 182 valence electrons. The van der Waals surface area contributed by atoms with E-state index in [-0.39, 0.29) is 22.9 Å². The first kappa shape index (κ1) is 24.6. The van der Waals surface area contributed by atoms with Gasteiger partial charge in [-0.1, -0.05) is 36.4 Å². The zero-order valence-electron chi connectivity index (χ0n) is 19.2. The second-order valence-corrected chi connectivity index (χ2v) is 8.12. The Balaban J connectivity index is 1.50. The lowest BCUT2D eigenvalue weighted by Gasteiger charge is -2.29. The van der Waals surface area contributed by atoms with E-state index in [1.54, 1.807) is 60.7 Å². The fourth-order valence-corrected chi connectivity index (χ4v) is 3.83. The van der Waals surface area contributed by atoms with E-state index in [9.17, 15) is 19.5 Å². The molecule has 36 heavy (non-hydrogen) atoms. The Morgan fingerprint density at radius 2 is 1.75 bits per heavy atom. The molecule has 1 aliphatic rings. The van der Waals surface area contributed by atoms with Crippen LogP contribution in [0.5, 0.6) is 11.5 Å². The second-order valence-electron chi connectivity index (χ2n) is 7.73. The Hall–Kier alpha value is -4.50. The van der Waals surface area contributed by atoms with Gasteiger partial charge in [0.05, 0.1) is 18.3 Å². The van der Waals surface area contributed by atoms with Crippen molar-refractivity contribution in [3.63, 3.8) is 0 Å². The topological polar surface area (TPSA) is 108 Å². The minimum atomic E-state index is -1.25. The smallest absolute Gasteiger partial charge is 0.270 e. The molecule has 0 bridgehead atoms. The number of benzene rings is 3. The Morgan fingerprint density at radius 1 is 1.00 bits per heavy atom. The summed E-state index contributed by atoms with van der Waals surface area (Å²) in [6.07, 6.45) is 1.48. The van der Waals surface area contributed by atoms with Crippen molar-refractivity contribution in [3.05, 3.63) is 95.1 Å². The Kier molecular flexibility index (Phi) is 7.41. The number of ether oxygens (including phenoxy) is 2. The predicted octanol–water partition coefficient (Wildman–Crippen LogP) is 2.86. The van der Waals surface area contributed by atoms with Crippen molar-refractivity contribution < 1.29 is 29.0 Å². The first-order chi connectivity index (χ1) is 17.4. The van der Waals surface area contributed by atoms with Crippen molar-refractivity contribution in [2.24, 2.45) is 0 Å². The predicted molar refractivity (Wildman–Crippen MR) is 135 cm³/mol. The van der Waals surface area contributed by atoms with Crippen LogP contribution in [0.4, 0.5) is 5.69 Å². The van der Waals surface area contributed by atoms with Gasteiger partial charge in [-0.25, -0.2) is 0 Å². The molecule has 0 spiro atoms. The van der Waals surface area contributed by atoms with E-state index in [0.29, 0.717) is 34.9 Å². The summed E-state index contributed by atoms with van der Waals surface area (Å²) in [6.45, 7) is 2.49. The SMILES string of the molecule is CCOc1cccc(N2C(=O)/C(=C\c3ccc(OCc4cccc(C(=O)[O-])c4)cc3)C(=O)NC2=S)c1. The molecule has 0 radical (unpaired) electrons. The number of nitrogens with zero attached hydrogens (tertiary/aromatic N) is 1. The van der Waals surface area contributed by atoms with E-state index in [4.69, 9.17) is 21.7 Å². The summed E-state index contributed by atoms with van der Waals surface area (Å²) < 4.78 is 11.2. The summed E-state index contributed by atoms with van der Waals surface area (Å²) in [7, 11) is 0. The molecule has 0 atom stereocenters. The lowest BCUT2D eigenvalue weighted by molar-refractivity contribution is -0.255. The molecule has 3 aromatic rings. The van der Waals surface area contributed by atoms with Crippen molar-refractivity contribution in [1.29, 1.82) is 0 Å². The maximum Gasteiger partial charge on any atom is 0.270 e. The Bertz CT molecular complexity index is 1370. The molecule has 4 rings (SSSR count). The van der Waals surface area contributed by atoms with Crippen LogP contribution in [0.25, 0.3) is 6.08 Å². The van der Waals surface area contributed by atoms with Gasteiger partial charge >= 0.3 is 0 Å². The highest BCUT2D eigenvalue weighted by atomic mass is 32.1. The van der Waals surface area contributed by atoms with Gasteiger partial charge in [0.25, 0.3) is 11.8 Å². The van der Waals surface area contributed by atoms with Crippen LogP contribution in [-0.2, 0) is 16.2 Å². The molecule has 0 aliphatic carbocycles. The van der Waals surface area contributed by atoms with Crippen molar-refractivity contribution in [3.8, 4) is 11.5 Å². The molecule has 8 nitrogen and oxygen atoms in total. The molecule has 1 aliphatic heterocycles. The number of carboxylic acid groups (broad SMARTS) is 1. The number of carbonyl (C=O) groups excluding carboxylic acids is 3. The molecule has 2 amide bonds. The monoisotopic (exact) mass is 501 g/mol. The van der Waals surface area contributed by atoms with Crippen LogP contribution >= 0.6 is 12.2 Å². The lowest BCUT2D eigenvalue weighted by atomic mass is 10.1. The van der Waals surface area contributed by atoms with Gasteiger partial charge < -0.3 is 19.4 Å². The molecule has 9 heteroatoms. The quantitative estimate of drug-likeness (QED) is 0.287. The van der Waals surface area contributed by atoms with E-state index in [1.807, 2.05) is 6.92 Å². The van der Waals surface area contributed by atoms with Crippen molar-refractivity contribution >= 4 is 46.9 Å². The minimum Gasteiger partial charge on any atom is -0.545 e. The molecule has 1 N–H and O–H groups in total. The number of amides is 2. The number of thiocarbonyl (C=S) groups is 1. The Labute approximate surface area is 212 Å². The van der Waals surface area contributed by atoms with Gasteiger partial charge in [-0.15, -0.1) is 0 Å². The number of anilines is 1. The molecule has 0 unspecified atom stereocenters. The Morgan fingerprint density at radius 3 is 2.47 bits per heavy atom. The van der Waals surface area contributed by atoms with E-state index < -0.39 is 17.8 Å². The number of aromatic carboxylic acids is 1. The number of carbonyl (C=O) groups is 3. The van der Waals surface area contributed by atoms with Gasteiger partial charge in [0.15, 0.2) is 5.11 Å². The average molecular weight is 502 g/mol. The summed E-state index contributed by atoms with van der Waals surface area (Å²) in [5.41, 5.74) is 1.77. The number of hydrogen-bond acceptors (Lipinski definition) is 7. The maximum absolute atomic E-state index is 13.2. The van der Waals surface area contributed by atoms with Gasteiger partial charge in [-0.2, -0.15) is 0 Å². The van der Waals surface area contributed by atoms with Gasteiger partial charge in [0, 0.05) is 6.07 Å². The van der Waals surface area contributed by atoms with Crippen LogP contribution in [0.3, 0.4) is 0 Å². The fraction of sp³-hybridized carbons (Fsp3) is 0.111. The number of hydrogen-bond donors (Lipinski definition) is 1. The van der Waals surface area contributed by atoms with E-state index in [0.717, 1.165) is 0 Å². The third-order valence-electron chi connectivity index (χ3n) is 5.25. The normalized spacial score (nSPS) is 14.5. The third kappa shape index (κ3) is 5.59. The molecule has 0 saturated carbocycles. The molecule has 3 aromatic carbocycles. The summed E-state index contributed by atoms with van der Waals surface area (Å²) in [6, 6.07) is 20.0. The summed E-state index contributed by atoms with van der Waals surface area (Å²) in [4.78, 5) is 38.0. The molecule has 0 aromatic heterocycles. The molecule has 1 saturated heterocycles. The first-order valence-corrected chi connectivity index (χ1v) is 11.4. The summed E-state index contributed by atoms with van der Waals surface area (Å²) in [5.74, 6) is -1.28. The van der Waals surface area contributed by atoms with Crippen LogP contribution in [0, 0.1) is 0 Å². The molecule has 1 heterocycles. The van der Waals surface area contributed by atoms with Gasteiger partial charge in [-0.3, -0.25) is 19.8 Å². The zero-order valence-corrected chi connectivity index (χ0v) is 20.0. The zero-order chi connectivity index (χ0) is 25.7. The fourth-order valence-electron chi connectivity index (χ4n) is 3.55. The molecular formula is C27H21N2O6S-. The van der Waals surface area contributed by atoms with Gasteiger partial charge in [0.1, 0.15) is 23.7 Å². The number of carboxylic acids is 1. The average Bonchev–Trinajstić information content (AvgIpc) is 2.86.